The summed E-state index contributed by atoms with van der Waals surface area (Å²) in [6, 6.07) is -0.886. The van der Waals surface area contributed by atoms with E-state index < -0.39 is 124 Å². The zero-order chi connectivity index (χ0) is 54.1. The summed E-state index contributed by atoms with van der Waals surface area (Å²) in [7, 11) is 0. The number of nitrogens with one attached hydrogen (secondary N) is 1. The van der Waals surface area contributed by atoms with Crippen molar-refractivity contribution in [1.82, 2.24) is 5.32 Å². The second-order valence-corrected chi connectivity index (χ2v) is 21.1. The number of allylic oxidation sites excluding steroid dienone is 2. The molecule has 1 amide bonds. The van der Waals surface area contributed by atoms with Crippen LogP contribution in [0.3, 0.4) is 0 Å². The second-order valence-electron chi connectivity index (χ2n) is 21.1. The lowest BCUT2D eigenvalue weighted by Gasteiger charge is -2.48. The standard InChI is InChI=1S/C55H103NO18/c1-3-5-7-9-11-13-15-17-18-19-21-23-25-27-29-31-33-43(61)56-38(39(60)32-30-28-26-24-22-20-16-14-12-10-8-6-4-2)37-69-53-49(67)46(64)51(41(35-58)71-53)74-55-50(68)47(65)52(42(36-59)72-55)73-54-48(66)45(63)44(62)40(34-57)70-54/h18-19,38-42,44-55,57-60,62-68H,3-17,20-37H2,1-2H3,(H,56,61)/b19-18-. The molecule has 12 N–H and O–H groups in total. The molecule has 19 nitrogen and oxygen atoms in total. The van der Waals surface area contributed by atoms with Crippen LogP contribution in [-0.2, 0) is 33.2 Å². The fourth-order valence-electron chi connectivity index (χ4n) is 10.0. The SMILES string of the molecule is CCCCCCCCC/C=C\CCCCCCCC(=O)NC(COC1OC(CO)C(OC2OC(CO)C(OC3OC(CO)C(O)C(O)C3O)C(O)C2O)C(O)C1O)C(O)CCCCCCCCCCCCCCC. The lowest BCUT2D eigenvalue weighted by molar-refractivity contribution is -0.379. The van der Waals surface area contributed by atoms with Crippen LogP contribution in [0.15, 0.2) is 12.2 Å². The van der Waals surface area contributed by atoms with E-state index in [1.54, 1.807) is 0 Å². The van der Waals surface area contributed by atoms with Gasteiger partial charge in [-0.1, -0.05) is 167 Å². The fraction of sp³-hybridized carbons (Fsp3) is 0.945. The third-order valence-corrected chi connectivity index (χ3v) is 14.8. The first-order valence-electron chi connectivity index (χ1n) is 28.9. The van der Waals surface area contributed by atoms with Crippen molar-refractivity contribution in [3.63, 3.8) is 0 Å². The van der Waals surface area contributed by atoms with Gasteiger partial charge in [0.25, 0.3) is 0 Å². The van der Waals surface area contributed by atoms with Gasteiger partial charge in [-0.15, -0.1) is 0 Å². The molecule has 3 rings (SSSR count). The van der Waals surface area contributed by atoms with Crippen molar-refractivity contribution in [3.05, 3.63) is 12.2 Å². The third kappa shape index (κ3) is 24.3. The lowest BCUT2D eigenvalue weighted by Crippen LogP contribution is -2.66. The maximum atomic E-state index is 13.3. The van der Waals surface area contributed by atoms with Crippen molar-refractivity contribution in [2.75, 3.05) is 26.4 Å². The number of carbonyl (C=O) groups is 1. The van der Waals surface area contributed by atoms with Crippen LogP contribution in [0.1, 0.15) is 200 Å². The highest BCUT2D eigenvalue weighted by atomic mass is 16.8. The Balaban J connectivity index is 1.52. The molecule has 0 aliphatic carbocycles. The number of ether oxygens (including phenoxy) is 6. The number of hydrogen-bond acceptors (Lipinski definition) is 18. The Hall–Kier alpha value is -1.47. The maximum Gasteiger partial charge on any atom is 0.220 e. The fourth-order valence-corrected chi connectivity index (χ4v) is 10.0. The van der Waals surface area contributed by atoms with Gasteiger partial charge in [0.15, 0.2) is 18.9 Å². The summed E-state index contributed by atoms with van der Waals surface area (Å²) in [4.78, 5) is 13.3. The van der Waals surface area contributed by atoms with Crippen molar-refractivity contribution in [3.8, 4) is 0 Å². The molecule has 0 radical (unpaired) electrons. The van der Waals surface area contributed by atoms with Crippen molar-refractivity contribution in [2.24, 2.45) is 0 Å². The molecule has 3 aliphatic rings. The minimum Gasteiger partial charge on any atom is -0.394 e. The van der Waals surface area contributed by atoms with E-state index in [4.69, 9.17) is 28.4 Å². The average Bonchev–Trinajstić information content (AvgIpc) is 3.40. The van der Waals surface area contributed by atoms with E-state index in [2.05, 4.69) is 31.3 Å². The number of carbonyl (C=O) groups excluding carboxylic acids is 1. The minimum absolute atomic E-state index is 0.251. The molecular weight excluding hydrogens is 963 g/mol. The van der Waals surface area contributed by atoms with Crippen LogP contribution < -0.4 is 5.32 Å². The van der Waals surface area contributed by atoms with E-state index >= 15 is 0 Å². The molecule has 3 aliphatic heterocycles. The van der Waals surface area contributed by atoms with Gasteiger partial charge in [0.05, 0.1) is 38.6 Å². The van der Waals surface area contributed by atoms with Gasteiger partial charge in [-0.25, -0.2) is 0 Å². The average molecular weight is 1070 g/mol. The Morgan fingerprint density at radius 3 is 1.31 bits per heavy atom. The first-order valence-corrected chi connectivity index (χ1v) is 28.9. The number of unbranched alkanes of at least 4 members (excludes halogenated alkanes) is 24. The van der Waals surface area contributed by atoms with E-state index in [1.807, 2.05) is 0 Å². The second kappa shape index (κ2) is 39.8. The summed E-state index contributed by atoms with van der Waals surface area (Å²) < 4.78 is 34.2. The van der Waals surface area contributed by atoms with Gasteiger partial charge < -0.3 is 89.9 Å². The molecular formula is C55H103NO18. The minimum atomic E-state index is -1.97. The smallest absolute Gasteiger partial charge is 0.220 e. The van der Waals surface area contributed by atoms with Crippen LogP contribution in [-0.4, -0.2) is 193 Å². The molecule has 74 heavy (non-hydrogen) atoms. The summed E-state index contributed by atoms with van der Waals surface area (Å²) in [5.74, 6) is -0.251. The highest BCUT2D eigenvalue weighted by Crippen LogP contribution is 2.33. The Labute approximate surface area is 442 Å². The van der Waals surface area contributed by atoms with Crippen LogP contribution in [0.5, 0.6) is 0 Å². The highest BCUT2D eigenvalue weighted by Gasteiger charge is 2.53. The number of rotatable bonds is 42. The summed E-state index contributed by atoms with van der Waals surface area (Å²) in [6.45, 7) is 1.77. The molecule has 17 atom stereocenters. The molecule has 19 heteroatoms. The van der Waals surface area contributed by atoms with E-state index in [-0.39, 0.29) is 18.9 Å². The first kappa shape index (κ1) is 66.8. The van der Waals surface area contributed by atoms with E-state index in [9.17, 15) is 61.0 Å². The Morgan fingerprint density at radius 2 is 0.851 bits per heavy atom. The van der Waals surface area contributed by atoms with Crippen LogP contribution in [0.25, 0.3) is 0 Å². The van der Waals surface area contributed by atoms with Crippen molar-refractivity contribution >= 4 is 5.91 Å². The molecule has 3 fully saturated rings. The summed E-state index contributed by atoms with van der Waals surface area (Å²) in [6.07, 6.45) is 10.1. The number of aliphatic hydroxyl groups excluding tert-OH is 11. The molecule has 0 spiro atoms. The van der Waals surface area contributed by atoms with Crippen LogP contribution in [0, 0.1) is 0 Å². The highest BCUT2D eigenvalue weighted by molar-refractivity contribution is 5.76. The molecule has 17 unspecified atom stereocenters. The molecule has 0 saturated carbocycles. The van der Waals surface area contributed by atoms with Gasteiger partial charge in [0.2, 0.25) is 5.91 Å². The quantitative estimate of drug-likeness (QED) is 0.0301. The topological polar surface area (TPSA) is 307 Å². The number of aliphatic hydroxyl groups is 11. The van der Waals surface area contributed by atoms with E-state index in [0.29, 0.717) is 12.8 Å². The van der Waals surface area contributed by atoms with Crippen LogP contribution in [0.2, 0.25) is 0 Å². The van der Waals surface area contributed by atoms with E-state index in [1.165, 1.54) is 103 Å². The summed E-state index contributed by atoms with van der Waals surface area (Å²) >= 11 is 0. The molecule has 3 heterocycles. The Bertz CT molecular complexity index is 1410. The van der Waals surface area contributed by atoms with Gasteiger partial charge in [-0.2, -0.15) is 0 Å². The molecule has 0 aromatic heterocycles. The van der Waals surface area contributed by atoms with Crippen molar-refractivity contribution in [1.29, 1.82) is 0 Å². The van der Waals surface area contributed by atoms with E-state index in [0.717, 1.165) is 64.2 Å². The molecule has 0 bridgehead atoms. The summed E-state index contributed by atoms with van der Waals surface area (Å²) in [5.41, 5.74) is 0. The predicted molar refractivity (Wildman–Crippen MR) is 277 cm³/mol. The summed E-state index contributed by atoms with van der Waals surface area (Å²) in [5, 5.41) is 120. The number of amides is 1. The van der Waals surface area contributed by atoms with Crippen molar-refractivity contribution < 1.29 is 89.4 Å². The zero-order valence-corrected chi connectivity index (χ0v) is 45.1. The van der Waals surface area contributed by atoms with Gasteiger partial charge in [-0.3, -0.25) is 4.79 Å². The Kier molecular flexibility index (Phi) is 35.9. The zero-order valence-electron chi connectivity index (χ0n) is 45.1. The normalized spacial score (nSPS) is 31.5. The Morgan fingerprint density at radius 1 is 0.473 bits per heavy atom. The lowest BCUT2D eigenvalue weighted by atomic mass is 9.96. The molecule has 0 aromatic rings. The predicted octanol–water partition coefficient (Wildman–Crippen LogP) is 4.21. The monoisotopic (exact) mass is 1070 g/mol. The number of hydrogen-bond donors (Lipinski definition) is 12. The molecule has 3 saturated heterocycles. The maximum absolute atomic E-state index is 13.3. The molecule has 436 valence electrons. The van der Waals surface area contributed by atoms with Gasteiger partial charge in [-0.05, 0) is 38.5 Å². The first-order chi connectivity index (χ1) is 35.8. The third-order valence-electron chi connectivity index (χ3n) is 14.8. The van der Waals surface area contributed by atoms with Crippen LogP contribution in [0.4, 0.5) is 0 Å². The molecule has 0 aromatic carbocycles. The van der Waals surface area contributed by atoms with Gasteiger partial charge in [0.1, 0.15) is 73.2 Å². The van der Waals surface area contributed by atoms with Gasteiger partial charge >= 0.3 is 0 Å². The van der Waals surface area contributed by atoms with Crippen LogP contribution >= 0.6 is 0 Å². The largest absolute Gasteiger partial charge is 0.394 e. The van der Waals surface area contributed by atoms with Crippen molar-refractivity contribution in [2.45, 2.75) is 304 Å². The van der Waals surface area contributed by atoms with Gasteiger partial charge in [0, 0.05) is 6.42 Å².